The fourth-order valence-corrected chi connectivity index (χ4v) is 1.09. The third-order valence-electron chi connectivity index (χ3n) is 1.31. The molecule has 0 aromatic rings. The number of halogens is 3. The van der Waals surface area contributed by atoms with Crippen LogP contribution in [0.15, 0.2) is 17.1 Å². The van der Waals surface area contributed by atoms with Gasteiger partial charge >= 0.3 is 15.5 Å². The van der Waals surface area contributed by atoms with Crippen molar-refractivity contribution in [1.82, 2.24) is 0 Å². The van der Waals surface area contributed by atoms with Gasteiger partial charge in [0.1, 0.15) is 0 Å². The maximum absolute atomic E-state index is 11.7. The van der Waals surface area contributed by atoms with Crippen molar-refractivity contribution in [1.29, 1.82) is 0 Å². The van der Waals surface area contributed by atoms with Gasteiger partial charge in [0.05, 0.1) is 0 Å². The minimum atomic E-state index is -5.68. The van der Waals surface area contributed by atoms with Crippen LogP contribution in [0, 0.1) is 0 Å². The van der Waals surface area contributed by atoms with Gasteiger partial charge in [0.2, 0.25) is 0 Å². The summed E-state index contributed by atoms with van der Waals surface area (Å²) >= 11 is 0. The van der Waals surface area contributed by atoms with Crippen LogP contribution in [0.5, 0.6) is 0 Å². The number of sulfonamides is 1. The Labute approximate surface area is 85.2 Å². The highest BCUT2D eigenvalue weighted by atomic mass is 32.2. The Bertz CT molecular complexity index is 345. The molecule has 0 amide bonds. The van der Waals surface area contributed by atoms with Crippen LogP contribution in [0.4, 0.5) is 13.2 Å². The maximum atomic E-state index is 11.7. The molecule has 0 aliphatic carbocycles. The first-order valence-corrected chi connectivity index (χ1v) is 5.32. The lowest BCUT2D eigenvalue weighted by molar-refractivity contribution is -0.218. The molecule has 0 saturated carbocycles. The second-order valence-corrected chi connectivity index (χ2v) is 4.18. The van der Waals surface area contributed by atoms with Crippen LogP contribution in [0.3, 0.4) is 0 Å². The Hall–Kier alpha value is -1.05. The monoisotopic (exact) mass is 244 g/mol. The Morgan fingerprint density at radius 3 is 2.40 bits per heavy atom. The normalized spacial score (nSPS) is 13.9. The van der Waals surface area contributed by atoms with Crippen molar-refractivity contribution < 1.29 is 26.7 Å². The van der Waals surface area contributed by atoms with E-state index in [1.165, 1.54) is 6.08 Å². The van der Waals surface area contributed by atoms with Crippen molar-refractivity contribution in [2.45, 2.75) is 24.8 Å². The fourth-order valence-electron chi connectivity index (χ4n) is 0.629. The molecule has 0 aromatic carbocycles. The van der Waals surface area contributed by atoms with E-state index in [1.54, 1.807) is 0 Å². The van der Waals surface area contributed by atoms with Gasteiger partial charge in [-0.25, -0.2) is 0 Å². The average Bonchev–Trinajstić information content (AvgIpc) is 2.01. The first-order valence-electron chi connectivity index (χ1n) is 3.88. The van der Waals surface area contributed by atoms with Crippen LogP contribution in [-0.4, -0.2) is 19.8 Å². The van der Waals surface area contributed by atoms with Gasteiger partial charge in [-0.05, 0) is 25.2 Å². The predicted molar refractivity (Wildman–Crippen MR) is 46.5 cm³/mol. The van der Waals surface area contributed by atoms with Gasteiger partial charge in [0.25, 0.3) is 0 Å². The number of nitrogens with zero attached hydrogens (tertiary/aromatic N) is 1. The highest BCUT2D eigenvalue weighted by Crippen LogP contribution is 2.24. The minimum absolute atomic E-state index is 0.221. The molecule has 0 fully saturated rings. The first kappa shape index (κ1) is 13.9. The van der Waals surface area contributed by atoms with Gasteiger partial charge in [-0.2, -0.15) is 26.0 Å². The fraction of sp³-hybridized carbons (Fsp3) is 0.571. The van der Waals surface area contributed by atoms with E-state index in [0.29, 0.717) is 6.42 Å². The molecule has 88 valence electrons. The Morgan fingerprint density at radius 2 is 2.00 bits per heavy atom. The second-order valence-electron chi connectivity index (χ2n) is 2.59. The summed E-state index contributed by atoms with van der Waals surface area (Å²) in [6.45, 7) is 3.33. The number of allylic oxidation sites excluding steroid dienone is 1. The summed E-state index contributed by atoms with van der Waals surface area (Å²) in [5.74, 6) is -1.30. The molecule has 0 saturated heterocycles. The quantitative estimate of drug-likeness (QED) is 0.313. The topological polar surface area (TPSA) is 69.6 Å². The zero-order chi connectivity index (χ0) is 12.1. The van der Waals surface area contributed by atoms with E-state index in [2.05, 4.69) is 11.0 Å². The molecule has 0 aromatic heterocycles. The lowest BCUT2D eigenvalue weighted by Crippen LogP contribution is -2.26. The molecule has 15 heavy (non-hydrogen) atoms. The summed E-state index contributed by atoms with van der Waals surface area (Å²) in [5, 5.41) is 10.7. The molecule has 0 aliphatic rings. The van der Waals surface area contributed by atoms with Crippen LogP contribution in [0.1, 0.15) is 19.3 Å². The Morgan fingerprint density at radius 1 is 1.47 bits per heavy atom. The van der Waals surface area contributed by atoms with Gasteiger partial charge in [-0.3, -0.25) is 0 Å². The molecule has 0 radical (unpaired) electrons. The highest BCUT2D eigenvalue weighted by molar-refractivity contribution is 7.91. The zero-order valence-electron chi connectivity index (χ0n) is 7.62. The number of hydrogen-bond acceptors (Lipinski definition) is 3. The molecule has 0 bridgehead atoms. The average molecular weight is 244 g/mol. The van der Waals surface area contributed by atoms with Crippen LogP contribution in [0.2, 0.25) is 0 Å². The summed E-state index contributed by atoms with van der Waals surface area (Å²) in [5.41, 5.74) is -5.51. The molecule has 0 aliphatic heterocycles. The molecule has 0 spiro atoms. The van der Waals surface area contributed by atoms with Crippen molar-refractivity contribution in [2.75, 3.05) is 0 Å². The molecular formula is C7H9F3NO3S-. The Kier molecular flexibility index (Phi) is 4.79. The van der Waals surface area contributed by atoms with E-state index in [-0.39, 0.29) is 12.8 Å². The van der Waals surface area contributed by atoms with Crippen molar-refractivity contribution in [2.24, 2.45) is 4.40 Å². The Balaban J connectivity index is 4.55. The second kappa shape index (κ2) is 5.15. The summed E-state index contributed by atoms with van der Waals surface area (Å²) in [6, 6.07) is 0. The molecular weight excluding hydrogens is 235 g/mol. The van der Waals surface area contributed by atoms with E-state index in [1.807, 2.05) is 0 Å². The van der Waals surface area contributed by atoms with Gasteiger partial charge < -0.3 is 5.11 Å². The maximum Gasteiger partial charge on any atom is 0.518 e. The molecule has 0 heterocycles. The first-order chi connectivity index (χ1) is 6.70. The smallest absolute Gasteiger partial charge is 0.518 e. The molecule has 0 N–H and O–H groups in total. The van der Waals surface area contributed by atoms with E-state index >= 15 is 0 Å². The molecule has 4 nitrogen and oxygen atoms in total. The van der Waals surface area contributed by atoms with Crippen molar-refractivity contribution in [3.8, 4) is 0 Å². The van der Waals surface area contributed by atoms with Crippen LogP contribution < -0.4 is 5.11 Å². The third kappa shape index (κ3) is 4.82. The predicted octanol–water partition coefficient (Wildman–Crippen LogP) is 0.951. The SMILES string of the molecule is C=CCCC/C([O-])=N/S(=O)(=O)C(F)(F)F. The van der Waals surface area contributed by atoms with Crippen LogP contribution in [0.25, 0.3) is 0 Å². The third-order valence-corrected chi connectivity index (χ3v) is 2.34. The van der Waals surface area contributed by atoms with Crippen molar-refractivity contribution in [3.05, 3.63) is 12.7 Å². The lowest BCUT2D eigenvalue weighted by Gasteiger charge is -2.10. The van der Waals surface area contributed by atoms with Gasteiger partial charge in [0, 0.05) is 0 Å². The van der Waals surface area contributed by atoms with E-state index < -0.39 is 21.4 Å². The standard InChI is InChI=1S/C7H10F3NO3S/c1-2-3-4-5-6(12)11-15(13,14)7(8,9)10/h2H,1,3-5H2,(H,11,12)/p-1. The zero-order valence-corrected chi connectivity index (χ0v) is 8.44. The van der Waals surface area contributed by atoms with E-state index in [4.69, 9.17) is 0 Å². The van der Waals surface area contributed by atoms with Crippen LogP contribution in [-0.2, 0) is 10.0 Å². The molecule has 0 unspecified atom stereocenters. The van der Waals surface area contributed by atoms with E-state index in [9.17, 15) is 26.7 Å². The minimum Gasteiger partial charge on any atom is -0.861 e. The number of rotatable bonds is 5. The lowest BCUT2D eigenvalue weighted by atomic mass is 10.2. The van der Waals surface area contributed by atoms with Crippen LogP contribution >= 0.6 is 0 Å². The van der Waals surface area contributed by atoms with Gasteiger partial charge in [-0.1, -0.05) is 6.08 Å². The van der Waals surface area contributed by atoms with E-state index in [0.717, 1.165) is 0 Å². The molecule has 0 atom stereocenters. The number of unbranched alkanes of at least 4 members (excludes halogenated alkanes) is 1. The van der Waals surface area contributed by atoms with Gasteiger partial charge in [0.15, 0.2) is 0 Å². The largest absolute Gasteiger partial charge is 0.861 e. The summed E-state index contributed by atoms with van der Waals surface area (Å²) < 4.78 is 58.0. The summed E-state index contributed by atoms with van der Waals surface area (Å²) in [7, 11) is -5.68. The summed E-state index contributed by atoms with van der Waals surface area (Å²) in [4.78, 5) is 0. The summed E-state index contributed by atoms with van der Waals surface area (Å²) in [6.07, 6.45) is 1.75. The van der Waals surface area contributed by atoms with Crippen molar-refractivity contribution >= 4 is 15.9 Å². The number of hydrogen-bond donors (Lipinski definition) is 0. The molecule has 8 heteroatoms. The van der Waals surface area contributed by atoms with Crippen molar-refractivity contribution in [3.63, 3.8) is 0 Å². The highest BCUT2D eigenvalue weighted by Gasteiger charge is 2.45. The van der Waals surface area contributed by atoms with Gasteiger partial charge in [-0.15, -0.1) is 6.58 Å². The number of alkyl halides is 3. The molecule has 0 rings (SSSR count).